The van der Waals surface area contributed by atoms with Gasteiger partial charge in [-0.2, -0.15) is 4.31 Å². The number of ketones is 1. The van der Waals surface area contributed by atoms with Gasteiger partial charge in [0, 0.05) is 38.6 Å². The number of piperazine rings is 1. The SMILES string of the molecule is Cc1ccc(CC(=O)C2(c3ccc4c(c3)OCO4)CC2)cc1-c1ccc(S(=O)(=O)N2CCN(C(C)C)CC2)cc1. The maximum atomic E-state index is 13.5. The molecule has 6 rings (SSSR count). The van der Waals surface area contributed by atoms with E-state index in [0.29, 0.717) is 36.2 Å². The zero-order valence-electron chi connectivity index (χ0n) is 23.4. The molecule has 3 aliphatic rings. The van der Waals surface area contributed by atoms with E-state index in [2.05, 4.69) is 24.8 Å². The van der Waals surface area contributed by atoms with Crippen LogP contribution in [-0.4, -0.2) is 62.4 Å². The van der Waals surface area contributed by atoms with Crippen LogP contribution >= 0.6 is 0 Å². The molecule has 0 bridgehead atoms. The molecule has 3 aromatic rings. The minimum Gasteiger partial charge on any atom is -0.454 e. The third-order valence-corrected chi connectivity index (χ3v) is 10.6. The highest BCUT2D eigenvalue weighted by atomic mass is 32.2. The fourth-order valence-corrected chi connectivity index (χ4v) is 7.33. The first kappa shape index (κ1) is 27.0. The maximum absolute atomic E-state index is 13.5. The molecule has 1 aliphatic carbocycles. The summed E-state index contributed by atoms with van der Waals surface area (Å²) in [5.74, 6) is 1.64. The number of Topliss-reactive ketones (excluding diaryl/α,β-unsaturated/α-hetero) is 1. The Morgan fingerprint density at radius 2 is 1.60 bits per heavy atom. The van der Waals surface area contributed by atoms with Crippen LogP contribution in [0.1, 0.15) is 43.4 Å². The molecule has 0 amide bonds. The van der Waals surface area contributed by atoms with Gasteiger partial charge in [-0.3, -0.25) is 9.69 Å². The average Bonchev–Trinajstić information content (AvgIpc) is 3.64. The topological polar surface area (TPSA) is 76.1 Å². The van der Waals surface area contributed by atoms with Gasteiger partial charge in [0.1, 0.15) is 5.78 Å². The summed E-state index contributed by atoms with van der Waals surface area (Å²) in [5.41, 5.74) is 4.52. The van der Waals surface area contributed by atoms with Gasteiger partial charge in [-0.25, -0.2) is 8.42 Å². The van der Waals surface area contributed by atoms with Crippen molar-refractivity contribution in [3.8, 4) is 22.6 Å². The van der Waals surface area contributed by atoms with E-state index in [0.717, 1.165) is 59.5 Å². The maximum Gasteiger partial charge on any atom is 0.243 e. The normalized spacial score (nSPS) is 18.7. The fourth-order valence-electron chi connectivity index (χ4n) is 5.91. The molecule has 0 unspecified atom stereocenters. The molecule has 2 fully saturated rings. The van der Waals surface area contributed by atoms with Crippen LogP contribution in [-0.2, 0) is 26.7 Å². The summed E-state index contributed by atoms with van der Waals surface area (Å²) >= 11 is 0. The molecule has 0 N–H and O–H groups in total. The standard InChI is InChI=1S/C32H36N2O5S/c1-22(2)33-14-16-34(17-15-33)40(36,37)27-9-6-25(7-10-27)28-18-24(5-4-23(28)3)19-31(35)32(12-13-32)26-8-11-29-30(20-26)39-21-38-29/h4-11,18,20,22H,12-17,19,21H2,1-3H3. The van der Waals surface area contributed by atoms with Crippen molar-refractivity contribution in [3.63, 3.8) is 0 Å². The van der Waals surface area contributed by atoms with Gasteiger partial charge in [-0.15, -0.1) is 0 Å². The van der Waals surface area contributed by atoms with Crippen molar-refractivity contribution in [2.24, 2.45) is 0 Å². The molecule has 8 heteroatoms. The van der Waals surface area contributed by atoms with E-state index in [9.17, 15) is 13.2 Å². The highest BCUT2D eigenvalue weighted by Gasteiger charge is 2.50. The molecule has 2 heterocycles. The lowest BCUT2D eigenvalue weighted by molar-refractivity contribution is -0.120. The molecular weight excluding hydrogens is 524 g/mol. The largest absolute Gasteiger partial charge is 0.454 e. The monoisotopic (exact) mass is 560 g/mol. The number of aryl methyl sites for hydroxylation is 1. The number of hydrogen-bond donors (Lipinski definition) is 0. The van der Waals surface area contributed by atoms with E-state index < -0.39 is 15.4 Å². The van der Waals surface area contributed by atoms with E-state index >= 15 is 0 Å². The zero-order valence-corrected chi connectivity index (χ0v) is 24.2. The number of nitrogens with zero attached hydrogens (tertiary/aromatic N) is 2. The Morgan fingerprint density at radius 1 is 0.900 bits per heavy atom. The average molecular weight is 561 g/mol. The lowest BCUT2D eigenvalue weighted by atomic mass is 9.87. The van der Waals surface area contributed by atoms with Gasteiger partial charge >= 0.3 is 0 Å². The van der Waals surface area contributed by atoms with Crippen molar-refractivity contribution in [1.82, 2.24) is 9.21 Å². The van der Waals surface area contributed by atoms with Crippen LogP contribution in [0.3, 0.4) is 0 Å². The Morgan fingerprint density at radius 3 is 2.27 bits per heavy atom. The predicted molar refractivity (Wildman–Crippen MR) is 154 cm³/mol. The van der Waals surface area contributed by atoms with Gasteiger partial charge in [0.2, 0.25) is 16.8 Å². The molecule has 0 spiro atoms. The second-order valence-corrected chi connectivity index (χ2v) is 13.4. The quantitative estimate of drug-likeness (QED) is 0.388. The lowest BCUT2D eigenvalue weighted by Crippen LogP contribution is -2.50. The van der Waals surface area contributed by atoms with E-state index in [1.807, 2.05) is 49.4 Å². The van der Waals surface area contributed by atoms with Crippen LogP contribution in [0.15, 0.2) is 65.6 Å². The van der Waals surface area contributed by atoms with Crippen LogP contribution in [0.5, 0.6) is 11.5 Å². The van der Waals surface area contributed by atoms with Gasteiger partial charge in [-0.05, 0) is 85.7 Å². The van der Waals surface area contributed by atoms with Crippen molar-refractivity contribution < 1.29 is 22.7 Å². The number of sulfonamides is 1. The van der Waals surface area contributed by atoms with Crippen molar-refractivity contribution >= 4 is 15.8 Å². The highest BCUT2D eigenvalue weighted by Crippen LogP contribution is 2.51. The molecule has 2 aliphatic heterocycles. The lowest BCUT2D eigenvalue weighted by Gasteiger charge is -2.36. The molecule has 7 nitrogen and oxygen atoms in total. The predicted octanol–water partition coefficient (Wildman–Crippen LogP) is 4.95. The van der Waals surface area contributed by atoms with Gasteiger partial charge in [0.15, 0.2) is 11.5 Å². The van der Waals surface area contributed by atoms with Crippen LogP contribution in [0, 0.1) is 6.92 Å². The third-order valence-electron chi connectivity index (χ3n) is 8.68. The number of fused-ring (bicyclic) bond motifs is 1. The van der Waals surface area contributed by atoms with Crippen LogP contribution < -0.4 is 9.47 Å². The minimum absolute atomic E-state index is 0.208. The van der Waals surface area contributed by atoms with Crippen molar-refractivity contribution in [2.75, 3.05) is 33.0 Å². The van der Waals surface area contributed by atoms with Gasteiger partial charge in [0.25, 0.3) is 0 Å². The molecule has 1 saturated carbocycles. The van der Waals surface area contributed by atoms with Crippen LogP contribution in [0.25, 0.3) is 11.1 Å². The number of hydrogen-bond acceptors (Lipinski definition) is 6. The molecule has 40 heavy (non-hydrogen) atoms. The number of carbonyl (C=O) groups is 1. The van der Waals surface area contributed by atoms with Crippen molar-refractivity contribution in [3.05, 3.63) is 77.4 Å². The molecule has 3 aromatic carbocycles. The first-order valence-corrected chi connectivity index (χ1v) is 15.5. The van der Waals surface area contributed by atoms with Gasteiger partial charge < -0.3 is 9.47 Å². The summed E-state index contributed by atoms with van der Waals surface area (Å²) in [6.45, 7) is 9.03. The van der Waals surface area contributed by atoms with Gasteiger partial charge in [-0.1, -0.05) is 36.4 Å². The number of rotatable bonds is 8. The summed E-state index contributed by atoms with van der Waals surface area (Å²) in [6, 6.07) is 19.5. The molecule has 1 saturated heterocycles. The number of benzene rings is 3. The van der Waals surface area contributed by atoms with Crippen LogP contribution in [0.4, 0.5) is 0 Å². The zero-order chi connectivity index (χ0) is 28.1. The third kappa shape index (κ3) is 4.93. The van der Waals surface area contributed by atoms with Gasteiger partial charge in [0.05, 0.1) is 10.3 Å². The number of carbonyl (C=O) groups excluding carboxylic acids is 1. The Labute approximate surface area is 236 Å². The van der Waals surface area contributed by atoms with Crippen molar-refractivity contribution in [1.29, 1.82) is 0 Å². The Hall–Kier alpha value is -3.20. The Kier molecular flexibility index (Phi) is 6.97. The summed E-state index contributed by atoms with van der Waals surface area (Å²) in [5, 5.41) is 0. The first-order valence-electron chi connectivity index (χ1n) is 14.0. The molecule has 0 atom stereocenters. The Balaban J connectivity index is 1.18. The highest BCUT2D eigenvalue weighted by molar-refractivity contribution is 7.89. The van der Waals surface area contributed by atoms with Crippen molar-refractivity contribution in [2.45, 2.75) is 56.4 Å². The summed E-state index contributed by atoms with van der Waals surface area (Å²) < 4.78 is 39.1. The first-order chi connectivity index (χ1) is 19.2. The Bertz CT molecular complexity index is 1540. The summed E-state index contributed by atoms with van der Waals surface area (Å²) in [6.07, 6.45) is 2.02. The smallest absolute Gasteiger partial charge is 0.243 e. The second-order valence-electron chi connectivity index (χ2n) is 11.5. The minimum atomic E-state index is -3.54. The van der Waals surface area contributed by atoms with Crippen LogP contribution in [0.2, 0.25) is 0 Å². The number of ether oxygens (including phenoxy) is 2. The van der Waals surface area contributed by atoms with E-state index in [4.69, 9.17) is 9.47 Å². The second kappa shape index (κ2) is 10.3. The molecule has 0 aromatic heterocycles. The molecule has 0 radical (unpaired) electrons. The van der Waals surface area contributed by atoms with E-state index in [-0.39, 0.29) is 12.6 Å². The summed E-state index contributed by atoms with van der Waals surface area (Å²) in [4.78, 5) is 16.2. The van der Waals surface area contributed by atoms with E-state index in [1.54, 1.807) is 16.4 Å². The fraction of sp³-hybridized carbons (Fsp3) is 0.406. The summed E-state index contributed by atoms with van der Waals surface area (Å²) in [7, 11) is -3.54. The van der Waals surface area contributed by atoms with E-state index in [1.165, 1.54) is 0 Å². The molecular formula is C32H36N2O5S. The molecule has 210 valence electrons.